The van der Waals surface area contributed by atoms with Crippen molar-refractivity contribution >= 4 is 21.6 Å². The van der Waals surface area contributed by atoms with Crippen molar-refractivity contribution in [3.63, 3.8) is 0 Å². The first-order valence-corrected chi connectivity index (χ1v) is 9.39. The molecule has 0 saturated heterocycles. The SMILES string of the molecule is Cc1cc(CN(C)C(=O)c2ccc3c(c2)CCN3S(C)(=O)=O)no1. The van der Waals surface area contributed by atoms with Crippen LogP contribution < -0.4 is 4.31 Å². The Morgan fingerprint density at radius 1 is 1.38 bits per heavy atom. The van der Waals surface area contributed by atoms with Gasteiger partial charge in [0.05, 0.1) is 18.5 Å². The molecule has 24 heavy (non-hydrogen) atoms. The number of nitrogens with zero attached hydrogens (tertiary/aromatic N) is 3. The van der Waals surface area contributed by atoms with E-state index < -0.39 is 10.0 Å². The van der Waals surface area contributed by atoms with Gasteiger partial charge in [0.15, 0.2) is 0 Å². The molecule has 1 amide bonds. The first-order chi connectivity index (χ1) is 11.3. The van der Waals surface area contributed by atoms with Crippen molar-refractivity contribution in [2.75, 3.05) is 24.2 Å². The summed E-state index contributed by atoms with van der Waals surface area (Å²) in [7, 11) is -1.59. The number of hydrogen-bond donors (Lipinski definition) is 0. The van der Waals surface area contributed by atoms with Crippen molar-refractivity contribution in [3.8, 4) is 0 Å². The average molecular weight is 349 g/mol. The maximum Gasteiger partial charge on any atom is 0.253 e. The first-order valence-electron chi connectivity index (χ1n) is 7.54. The monoisotopic (exact) mass is 349 g/mol. The van der Waals surface area contributed by atoms with Gasteiger partial charge in [0.25, 0.3) is 5.91 Å². The molecule has 1 aromatic heterocycles. The standard InChI is InChI=1S/C16H19N3O4S/c1-11-8-14(17-23-11)10-18(2)16(20)13-4-5-15-12(9-13)6-7-19(15)24(3,21)22/h4-5,8-9H,6-7,10H2,1-3H3. The summed E-state index contributed by atoms with van der Waals surface area (Å²) in [4.78, 5) is 14.1. The quantitative estimate of drug-likeness (QED) is 0.837. The third-order valence-corrected chi connectivity index (χ3v) is 5.18. The molecular formula is C16H19N3O4S. The number of aryl methyl sites for hydroxylation is 1. The fourth-order valence-electron chi connectivity index (χ4n) is 2.88. The third kappa shape index (κ3) is 3.14. The highest BCUT2D eigenvalue weighted by atomic mass is 32.2. The van der Waals surface area contributed by atoms with Gasteiger partial charge in [-0.1, -0.05) is 5.16 Å². The molecule has 1 aromatic carbocycles. The minimum absolute atomic E-state index is 0.142. The lowest BCUT2D eigenvalue weighted by Crippen LogP contribution is -2.28. The van der Waals surface area contributed by atoms with Crippen LogP contribution in [0, 0.1) is 6.92 Å². The number of carbonyl (C=O) groups excluding carboxylic acids is 1. The molecule has 0 spiro atoms. The number of amides is 1. The van der Waals surface area contributed by atoms with Gasteiger partial charge in [-0.2, -0.15) is 0 Å². The fraction of sp³-hybridized carbons (Fsp3) is 0.375. The molecule has 0 unspecified atom stereocenters. The minimum Gasteiger partial charge on any atom is -0.361 e. The summed E-state index contributed by atoms with van der Waals surface area (Å²) in [5.41, 5.74) is 2.75. The van der Waals surface area contributed by atoms with E-state index in [2.05, 4.69) is 5.16 Å². The molecule has 128 valence electrons. The van der Waals surface area contributed by atoms with E-state index in [4.69, 9.17) is 4.52 Å². The Bertz CT molecular complexity index is 888. The van der Waals surface area contributed by atoms with E-state index in [-0.39, 0.29) is 5.91 Å². The van der Waals surface area contributed by atoms with Gasteiger partial charge in [-0.15, -0.1) is 0 Å². The summed E-state index contributed by atoms with van der Waals surface area (Å²) in [5.74, 6) is 0.556. The van der Waals surface area contributed by atoms with Crippen molar-refractivity contribution in [2.45, 2.75) is 19.9 Å². The molecule has 2 heterocycles. The zero-order chi connectivity index (χ0) is 17.5. The van der Waals surface area contributed by atoms with Crippen LogP contribution in [-0.2, 0) is 23.0 Å². The number of aromatic nitrogens is 1. The number of rotatable bonds is 4. The number of sulfonamides is 1. The maximum absolute atomic E-state index is 12.6. The van der Waals surface area contributed by atoms with Gasteiger partial charge in [0.2, 0.25) is 10.0 Å². The number of hydrogen-bond acceptors (Lipinski definition) is 5. The van der Waals surface area contributed by atoms with E-state index in [1.54, 1.807) is 43.1 Å². The fourth-order valence-corrected chi connectivity index (χ4v) is 3.84. The molecule has 0 N–H and O–H groups in total. The molecule has 2 aromatic rings. The summed E-state index contributed by atoms with van der Waals surface area (Å²) in [6.07, 6.45) is 1.80. The van der Waals surface area contributed by atoms with Crippen molar-refractivity contribution < 1.29 is 17.7 Å². The van der Waals surface area contributed by atoms with Crippen LogP contribution in [0.2, 0.25) is 0 Å². The molecule has 0 aliphatic carbocycles. The van der Waals surface area contributed by atoms with Crippen LogP contribution in [-0.4, -0.2) is 44.2 Å². The highest BCUT2D eigenvalue weighted by molar-refractivity contribution is 7.92. The van der Waals surface area contributed by atoms with Gasteiger partial charge in [-0.3, -0.25) is 9.10 Å². The Kier molecular flexibility index (Phi) is 4.08. The largest absolute Gasteiger partial charge is 0.361 e. The lowest BCUT2D eigenvalue weighted by molar-refractivity contribution is 0.0782. The normalized spacial score (nSPS) is 13.9. The second kappa shape index (κ2) is 5.94. The van der Waals surface area contributed by atoms with Crippen molar-refractivity contribution in [2.24, 2.45) is 0 Å². The van der Waals surface area contributed by atoms with Crippen LogP contribution in [0.15, 0.2) is 28.8 Å². The molecule has 0 bridgehead atoms. The van der Waals surface area contributed by atoms with Crippen molar-refractivity contribution in [1.29, 1.82) is 0 Å². The lowest BCUT2D eigenvalue weighted by atomic mass is 10.1. The van der Waals surface area contributed by atoms with Crippen LogP contribution in [0.4, 0.5) is 5.69 Å². The van der Waals surface area contributed by atoms with E-state index in [1.807, 2.05) is 0 Å². The molecular weight excluding hydrogens is 330 g/mol. The molecule has 1 aliphatic rings. The van der Waals surface area contributed by atoms with Gasteiger partial charge in [0.1, 0.15) is 11.5 Å². The molecule has 0 radical (unpaired) electrons. The summed E-state index contributed by atoms with van der Waals surface area (Å²) in [6, 6.07) is 6.92. The number of anilines is 1. The summed E-state index contributed by atoms with van der Waals surface area (Å²) >= 11 is 0. The highest BCUT2D eigenvalue weighted by Gasteiger charge is 2.27. The molecule has 3 rings (SSSR count). The molecule has 7 nitrogen and oxygen atoms in total. The molecule has 8 heteroatoms. The van der Waals surface area contributed by atoms with Gasteiger partial charge < -0.3 is 9.42 Å². The minimum atomic E-state index is -3.28. The third-order valence-electron chi connectivity index (χ3n) is 4.00. The Morgan fingerprint density at radius 2 is 2.12 bits per heavy atom. The van der Waals surface area contributed by atoms with Crippen LogP contribution in [0.5, 0.6) is 0 Å². The van der Waals surface area contributed by atoms with Crippen LogP contribution in [0.3, 0.4) is 0 Å². The smallest absolute Gasteiger partial charge is 0.253 e. The van der Waals surface area contributed by atoms with Crippen molar-refractivity contribution in [3.05, 3.63) is 46.8 Å². The van der Waals surface area contributed by atoms with Crippen LogP contribution >= 0.6 is 0 Å². The predicted molar refractivity (Wildman–Crippen MR) is 89.4 cm³/mol. The van der Waals surface area contributed by atoms with Crippen molar-refractivity contribution in [1.82, 2.24) is 10.1 Å². The van der Waals surface area contributed by atoms with E-state index in [0.29, 0.717) is 42.2 Å². The van der Waals surface area contributed by atoms with Crippen LogP contribution in [0.1, 0.15) is 27.4 Å². The summed E-state index contributed by atoms with van der Waals surface area (Å²) in [5, 5.41) is 3.88. The highest BCUT2D eigenvalue weighted by Crippen LogP contribution is 2.31. The summed E-state index contributed by atoms with van der Waals surface area (Å²) in [6.45, 7) is 2.56. The zero-order valence-corrected chi connectivity index (χ0v) is 14.6. The van der Waals surface area contributed by atoms with Gasteiger partial charge in [-0.05, 0) is 37.1 Å². The second-order valence-electron chi connectivity index (χ2n) is 6.02. The van der Waals surface area contributed by atoms with E-state index in [0.717, 1.165) is 5.56 Å². The Balaban J connectivity index is 1.79. The maximum atomic E-state index is 12.6. The molecule has 1 aliphatic heterocycles. The van der Waals surface area contributed by atoms with Crippen LogP contribution in [0.25, 0.3) is 0 Å². The average Bonchev–Trinajstić information content (AvgIpc) is 3.11. The molecule has 0 saturated carbocycles. The topological polar surface area (TPSA) is 83.7 Å². The Labute approximate surface area is 140 Å². The molecule has 0 fully saturated rings. The number of carbonyl (C=O) groups is 1. The lowest BCUT2D eigenvalue weighted by Gasteiger charge is -2.18. The zero-order valence-electron chi connectivity index (χ0n) is 13.8. The van der Waals surface area contributed by atoms with Gasteiger partial charge in [0, 0.05) is 25.2 Å². The summed E-state index contributed by atoms with van der Waals surface area (Å²) < 4.78 is 29.9. The predicted octanol–water partition coefficient (Wildman–Crippen LogP) is 1.58. The van der Waals surface area contributed by atoms with E-state index in [9.17, 15) is 13.2 Å². The van der Waals surface area contributed by atoms with Gasteiger partial charge in [-0.25, -0.2) is 8.42 Å². The second-order valence-corrected chi connectivity index (χ2v) is 7.93. The Morgan fingerprint density at radius 3 is 2.75 bits per heavy atom. The van der Waals surface area contributed by atoms with Gasteiger partial charge >= 0.3 is 0 Å². The number of benzene rings is 1. The van der Waals surface area contributed by atoms with E-state index >= 15 is 0 Å². The number of fused-ring (bicyclic) bond motifs is 1. The first kappa shape index (κ1) is 16.5. The van der Waals surface area contributed by atoms with E-state index in [1.165, 1.54) is 10.6 Å². The molecule has 0 atom stereocenters. The Hall–Kier alpha value is -2.35.